The van der Waals surface area contributed by atoms with Gasteiger partial charge in [-0.3, -0.25) is 0 Å². The van der Waals surface area contributed by atoms with Crippen LogP contribution in [0.3, 0.4) is 0 Å². The molecule has 5 nitrogen and oxygen atoms in total. The van der Waals surface area contributed by atoms with Crippen molar-refractivity contribution in [3.05, 3.63) is 29.8 Å². The Kier molecular flexibility index (Phi) is 5.34. The summed E-state index contributed by atoms with van der Waals surface area (Å²) in [4.78, 5) is 0.178. The van der Waals surface area contributed by atoms with Crippen LogP contribution in [-0.4, -0.2) is 38.5 Å². The molecule has 0 amide bonds. The second kappa shape index (κ2) is 7.03. The van der Waals surface area contributed by atoms with Gasteiger partial charge in [0.25, 0.3) is 0 Å². The van der Waals surface area contributed by atoms with Crippen molar-refractivity contribution in [1.82, 2.24) is 4.31 Å². The zero-order valence-corrected chi connectivity index (χ0v) is 13.0. The average molecular weight is 308 g/mol. The maximum absolute atomic E-state index is 12.6. The van der Waals surface area contributed by atoms with Crippen LogP contribution in [0.2, 0.25) is 0 Å². The Morgan fingerprint density at radius 1 is 1.48 bits per heavy atom. The van der Waals surface area contributed by atoms with Gasteiger partial charge >= 0.3 is 0 Å². The molecule has 21 heavy (non-hydrogen) atoms. The van der Waals surface area contributed by atoms with E-state index in [9.17, 15) is 8.42 Å². The Labute approximate surface area is 126 Å². The molecule has 1 aromatic carbocycles. The first-order valence-electron chi connectivity index (χ1n) is 7.20. The maximum Gasteiger partial charge on any atom is 0.243 e. The lowest BCUT2D eigenvalue weighted by atomic mass is 10.1. The minimum atomic E-state index is -3.55. The van der Waals surface area contributed by atoms with E-state index in [0.29, 0.717) is 25.3 Å². The SMILES string of the molecule is CCCOC1CCCN(S(=O)(=O)c2cccc(C#N)c2)C1. The highest BCUT2D eigenvalue weighted by Gasteiger charge is 2.30. The summed E-state index contributed by atoms with van der Waals surface area (Å²) in [6.07, 6.45) is 2.58. The van der Waals surface area contributed by atoms with Crippen LogP contribution in [0, 0.1) is 11.3 Å². The van der Waals surface area contributed by atoms with Gasteiger partial charge in [-0.1, -0.05) is 13.0 Å². The first kappa shape index (κ1) is 16.0. The Balaban J connectivity index is 2.16. The van der Waals surface area contributed by atoms with Gasteiger partial charge in [-0.05, 0) is 37.5 Å². The number of nitriles is 1. The normalized spacial score (nSPS) is 20.1. The molecule has 0 aromatic heterocycles. The molecule has 0 spiro atoms. The van der Waals surface area contributed by atoms with Gasteiger partial charge in [-0.2, -0.15) is 9.57 Å². The molecular formula is C15H20N2O3S. The third-order valence-corrected chi connectivity index (χ3v) is 5.36. The van der Waals surface area contributed by atoms with Crippen molar-refractivity contribution in [3.8, 4) is 6.07 Å². The van der Waals surface area contributed by atoms with Crippen molar-refractivity contribution in [3.63, 3.8) is 0 Å². The molecule has 6 heteroatoms. The first-order chi connectivity index (χ1) is 10.1. The third kappa shape index (κ3) is 3.82. The second-order valence-corrected chi connectivity index (χ2v) is 7.08. The summed E-state index contributed by atoms with van der Waals surface area (Å²) in [5.41, 5.74) is 0.354. The lowest BCUT2D eigenvalue weighted by Gasteiger charge is -2.31. The fraction of sp³-hybridized carbons (Fsp3) is 0.533. The predicted octanol–water partition coefficient (Wildman–Crippen LogP) is 2.14. The van der Waals surface area contributed by atoms with E-state index >= 15 is 0 Å². The van der Waals surface area contributed by atoms with E-state index in [1.807, 2.05) is 13.0 Å². The molecule has 0 radical (unpaired) electrons. The largest absolute Gasteiger partial charge is 0.377 e. The highest BCUT2D eigenvalue weighted by Crippen LogP contribution is 2.22. The van der Waals surface area contributed by atoms with Crippen molar-refractivity contribution >= 4 is 10.0 Å². The standard InChI is InChI=1S/C15H20N2O3S/c1-2-9-20-14-6-4-8-17(12-14)21(18,19)15-7-3-5-13(10-15)11-16/h3,5,7,10,14H,2,4,6,8-9,12H2,1H3. The van der Waals surface area contributed by atoms with E-state index in [2.05, 4.69) is 0 Å². The minimum absolute atomic E-state index is 0.0346. The van der Waals surface area contributed by atoms with E-state index in [1.165, 1.54) is 16.4 Å². The number of rotatable bonds is 5. The van der Waals surface area contributed by atoms with E-state index in [4.69, 9.17) is 10.00 Å². The molecule has 114 valence electrons. The molecule has 1 aromatic rings. The Morgan fingerprint density at radius 3 is 3.00 bits per heavy atom. The van der Waals surface area contributed by atoms with Gasteiger partial charge < -0.3 is 4.74 Å². The molecule has 1 atom stereocenters. The van der Waals surface area contributed by atoms with Crippen LogP contribution < -0.4 is 0 Å². The summed E-state index contributed by atoms with van der Waals surface area (Å²) >= 11 is 0. The van der Waals surface area contributed by atoms with E-state index < -0.39 is 10.0 Å². The van der Waals surface area contributed by atoms with Crippen molar-refractivity contribution in [2.75, 3.05) is 19.7 Å². The fourth-order valence-electron chi connectivity index (χ4n) is 2.42. The lowest BCUT2D eigenvalue weighted by molar-refractivity contribution is 0.0193. The number of ether oxygens (including phenoxy) is 1. The van der Waals surface area contributed by atoms with Gasteiger partial charge in [-0.25, -0.2) is 8.42 Å². The van der Waals surface area contributed by atoms with Gasteiger partial charge in [0.15, 0.2) is 0 Å². The molecule has 1 aliphatic rings. The van der Waals surface area contributed by atoms with Gasteiger partial charge in [0.05, 0.1) is 22.6 Å². The van der Waals surface area contributed by atoms with Crippen molar-refractivity contribution in [2.24, 2.45) is 0 Å². The Morgan fingerprint density at radius 2 is 2.29 bits per heavy atom. The number of sulfonamides is 1. The molecule has 2 rings (SSSR count). The third-order valence-electron chi connectivity index (χ3n) is 3.50. The summed E-state index contributed by atoms with van der Waals surface area (Å²) < 4.78 is 32.4. The molecule has 1 heterocycles. The Hall–Kier alpha value is -1.42. The highest BCUT2D eigenvalue weighted by molar-refractivity contribution is 7.89. The molecule has 1 unspecified atom stereocenters. The topological polar surface area (TPSA) is 70.4 Å². The molecule has 1 saturated heterocycles. The van der Waals surface area contributed by atoms with E-state index in [-0.39, 0.29) is 11.0 Å². The first-order valence-corrected chi connectivity index (χ1v) is 8.64. The summed E-state index contributed by atoms with van der Waals surface area (Å²) in [6, 6.07) is 8.13. The lowest BCUT2D eigenvalue weighted by Crippen LogP contribution is -2.43. The number of benzene rings is 1. The van der Waals surface area contributed by atoms with Crippen LogP contribution in [0.25, 0.3) is 0 Å². The van der Waals surface area contributed by atoms with Crippen LogP contribution in [0.5, 0.6) is 0 Å². The summed E-state index contributed by atoms with van der Waals surface area (Å²) in [6.45, 7) is 3.58. The quantitative estimate of drug-likeness (QED) is 0.835. The van der Waals surface area contributed by atoms with Crippen LogP contribution in [0.1, 0.15) is 31.7 Å². The van der Waals surface area contributed by atoms with Gasteiger partial charge in [-0.15, -0.1) is 0 Å². The van der Waals surface area contributed by atoms with Crippen molar-refractivity contribution in [1.29, 1.82) is 5.26 Å². The monoisotopic (exact) mass is 308 g/mol. The average Bonchev–Trinajstić information content (AvgIpc) is 2.53. The molecule has 0 aliphatic carbocycles. The molecule has 1 aliphatic heterocycles. The molecular weight excluding hydrogens is 288 g/mol. The summed E-state index contributed by atoms with van der Waals surface area (Å²) in [7, 11) is -3.55. The molecule has 1 fully saturated rings. The van der Waals surface area contributed by atoms with E-state index in [0.717, 1.165) is 19.3 Å². The minimum Gasteiger partial charge on any atom is -0.377 e. The van der Waals surface area contributed by atoms with Gasteiger partial charge in [0.1, 0.15) is 0 Å². The smallest absolute Gasteiger partial charge is 0.243 e. The zero-order valence-electron chi connectivity index (χ0n) is 12.2. The molecule has 0 N–H and O–H groups in total. The summed E-state index contributed by atoms with van der Waals surface area (Å²) in [5, 5.41) is 8.90. The number of hydrogen-bond donors (Lipinski definition) is 0. The van der Waals surface area contributed by atoms with Crippen LogP contribution in [0.4, 0.5) is 0 Å². The van der Waals surface area contributed by atoms with Crippen molar-refractivity contribution < 1.29 is 13.2 Å². The highest BCUT2D eigenvalue weighted by atomic mass is 32.2. The number of piperidine rings is 1. The molecule has 0 saturated carbocycles. The number of nitrogens with zero attached hydrogens (tertiary/aromatic N) is 2. The maximum atomic E-state index is 12.6. The summed E-state index contributed by atoms with van der Waals surface area (Å²) in [5.74, 6) is 0. The predicted molar refractivity (Wildman–Crippen MR) is 79.2 cm³/mol. The van der Waals surface area contributed by atoms with Crippen LogP contribution in [-0.2, 0) is 14.8 Å². The van der Waals surface area contributed by atoms with Gasteiger partial charge in [0.2, 0.25) is 10.0 Å². The second-order valence-electron chi connectivity index (χ2n) is 5.14. The van der Waals surface area contributed by atoms with Crippen LogP contribution >= 0.6 is 0 Å². The number of hydrogen-bond acceptors (Lipinski definition) is 4. The van der Waals surface area contributed by atoms with Crippen LogP contribution in [0.15, 0.2) is 29.2 Å². The van der Waals surface area contributed by atoms with Crippen molar-refractivity contribution in [2.45, 2.75) is 37.2 Å². The fourth-order valence-corrected chi connectivity index (χ4v) is 3.98. The van der Waals surface area contributed by atoms with Gasteiger partial charge in [0, 0.05) is 19.7 Å². The zero-order chi connectivity index (χ0) is 15.3. The Bertz CT molecular complexity index is 622. The molecule has 0 bridgehead atoms. The van der Waals surface area contributed by atoms with E-state index in [1.54, 1.807) is 12.1 Å².